The van der Waals surface area contributed by atoms with Crippen molar-refractivity contribution in [3.63, 3.8) is 0 Å². The van der Waals surface area contributed by atoms with Crippen LogP contribution in [0.15, 0.2) is 24.3 Å². The lowest BCUT2D eigenvalue weighted by Crippen LogP contribution is -2.38. The molecule has 4 N–H and O–H groups in total. The summed E-state index contributed by atoms with van der Waals surface area (Å²) in [5, 5.41) is 0. The number of carbonyl (C=O) groups is 1. The highest BCUT2D eigenvalue weighted by atomic mass is 19.1. The molecule has 0 heterocycles. The van der Waals surface area contributed by atoms with Gasteiger partial charge in [-0.2, -0.15) is 0 Å². The van der Waals surface area contributed by atoms with E-state index < -0.39 is 11.9 Å². The minimum absolute atomic E-state index is 0.271. The van der Waals surface area contributed by atoms with Crippen LogP contribution in [-0.2, 0) is 11.2 Å². The summed E-state index contributed by atoms with van der Waals surface area (Å²) in [6.07, 6.45) is 0.271. The zero-order valence-corrected chi connectivity index (χ0v) is 7.03. The van der Waals surface area contributed by atoms with Crippen LogP contribution in [-0.4, -0.2) is 11.9 Å². The molecule has 0 aliphatic heterocycles. The molecule has 0 saturated carbocycles. The van der Waals surface area contributed by atoms with Gasteiger partial charge < -0.3 is 11.5 Å². The molecule has 4 heteroatoms. The first kappa shape index (κ1) is 9.67. The summed E-state index contributed by atoms with van der Waals surface area (Å²) in [6, 6.07) is 5.19. The Morgan fingerprint density at radius 3 is 2.77 bits per heavy atom. The van der Waals surface area contributed by atoms with Gasteiger partial charge in [-0.15, -0.1) is 0 Å². The van der Waals surface area contributed by atoms with Gasteiger partial charge in [0.2, 0.25) is 5.91 Å². The Kier molecular flexibility index (Phi) is 2.97. The third kappa shape index (κ3) is 2.83. The molecule has 1 rings (SSSR count). The average molecular weight is 182 g/mol. The molecule has 0 aliphatic carbocycles. The lowest BCUT2D eigenvalue weighted by atomic mass is 10.1. The van der Waals surface area contributed by atoms with Crippen molar-refractivity contribution in [2.75, 3.05) is 0 Å². The topological polar surface area (TPSA) is 69.1 Å². The molecule has 0 bridgehead atoms. The molecule has 1 aromatic carbocycles. The lowest BCUT2D eigenvalue weighted by molar-refractivity contribution is -0.119. The van der Waals surface area contributed by atoms with E-state index in [0.717, 1.165) is 0 Å². The fraction of sp³-hybridized carbons (Fsp3) is 0.222. The summed E-state index contributed by atoms with van der Waals surface area (Å²) in [6.45, 7) is 0. The highest BCUT2D eigenvalue weighted by molar-refractivity contribution is 5.79. The van der Waals surface area contributed by atoms with Crippen LogP contribution in [0.2, 0.25) is 0 Å². The second-order valence-electron chi connectivity index (χ2n) is 2.84. The predicted molar refractivity (Wildman–Crippen MR) is 47.3 cm³/mol. The van der Waals surface area contributed by atoms with Crippen molar-refractivity contribution in [2.45, 2.75) is 12.5 Å². The van der Waals surface area contributed by atoms with Gasteiger partial charge in [0.1, 0.15) is 5.82 Å². The summed E-state index contributed by atoms with van der Waals surface area (Å²) in [5.41, 5.74) is 11.0. The molecule has 0 fully saturated rings. The number of hydrogen-bond donors (Lipinski definition) is 2. The van der Waals surface area contributed by atoms with E-state index in [4.69, 9.17) is 11.5 Å². The number of nitrogens with two attached hydrogens (primary N) is 2. The molecular formula is C9H11FN2O. The average Bonchev–Trinajstić information content (AvgIpc) is 2.04. The molecule has 1 atom stereocenters. The number of rotatable bonds is 3. The quantitative estimate of drug-likeness (QED) is 0.700. The number of benzene rings is 1. The summed E-state index contributed by atoms with van der Waals surface area (Å²) in [4.78, 5) is 10.6. The molecule has 0 radical (unpaired) electrons. The largest absolute Gasteiger partial charge is 0.368 e. The normalized spacial score (nSPS) is 12.5. The third-order valence-corrected chi connectivity index (χ3v) is 1.71. The Hall–Kier alpha value is -1.42. The van der Waals surface area contributed by atoms with Crippen LogP contribution in [0.5, 0.6) is 0 Å². The number of halogens is 1. The van der Waals surface area contributed by atoms with Crippen molar-refractivity contribution in [3.8, 4) is 0 Å². The van der Waals surface area contributed by atoms with E-state index in [0.29, 0.717) is 5.56 Å². The van der Waals surface area contributed by atoms with Gasteiger partial charge in [0, 0.05) is 0 Å². The Balaban J connectivity index is 2.69. The van der Waals surface area contributed by atoms with E-state index in [9.17, 15) is 9.18 Å². The predicted octanol–water partition coefficient (Wildman–Crippen LogP) is 0.181. The van der Waals surface area contributed by atoms with Crippen molar-refractivity contribution in [3.05, 3.63) is 35.6 Å². The van der Waals surface area contributed by atoms with E-state index in [-0.39, 0.29) is 12.2 Å². The standard InChI is InChI=1S/C9H11FN2O/c10-7-3-1-2-6(4-7)5-8(11)9(12)13/h1-4,8H,5,11H2,(H2,12,13)/t8-/m1/s1. The van der Waals surface area contributed by atoms with Crippen LogP contribution in [0.25, 0.3) is 0 Å². The van der Waals surface area contributed by atoms with E-state index in [2.05, 4.69) is 0 Å². The summed E-state index contributed by atoms with van der Waals surface area (Å²) in [7, 11) is 0. The maximum Gasteiger partial charge on any atom is 0.234 e. The Labute approximate surface area is 75.5 Å². The van der Waals surface area contributed by atoms with Gasteiger partial charge in [-0.3, -0.25) is 4.79 Å². The maximum absolute atomic E-state index is 12.7. The van der Waals surface area contributed by atoms with Gasteiger partial charge in [0.05, 0.1) is 6.04 Å². The molecule has 0 aromatic heterocycles. The Bertz CT molecular complexity index is 314. The molecule has 0 saturated heterocycles. The smallest absolute Gasteiger partial charge is 0.234 e. The minimum Gasteiger partial charge on any atom is -0.368 e. The maximum atomic E-state index is 12.7. The molecule has 70 valence electrons. The highest BCUT2D eigenvalue weighted by Crippen LogP contribution is 2.05. The first-order valence-corrected chi connectivity index (χ1v) is 3.89. The monoisotopic (exact) mass is 182 g/mol. The van der Waals surface area contributed by atoms with Crippen molar-refractivity contribution in [1.29, 1.82) is 0 Å². The zero-order valence-electron chi connectivity index (χ0n) is 7.03. The van der Waals surface area contributed by atoms with Crippen LogP contribution < -0.4 is 11.5 Å². The fourth-order valence-electron chi connectivity index (χ4n) is 1.02. The second-order valence-corrected chi connectivity index (χ2v) is 2.84. The van der Waals surface area contributed by atoms with Crippen molar-refractivity contribution < 1.29 is 9.18 Å². The van der Waals surface area contributed by atoms with Crippen molar-refractivity contribution >= 4 is 5.91 Å². The van der Waals surface area contributed by atoms with Gasteiger partial charge in [-0.05, 0) is 24.1 Å². The van der Waals surface area contributed by atoms with E-state index >= 15 is 0 Å². The Morgan fingerprint density at radius 2 is 2.23 bits per heavy atom. The number of hydrogen-bond acceptors (Lipinski definition) is 2. The molecule has 13 heavy (non-hydrogen) atoms. The van der Waals surface area contributed by atoms with Gasteiger partial charge in [-0.25, -0.2) is 4.39 Å². The Morgan fingerprint density at radius 1 is 1.54 bits per heavy atom. The fourth-order valence-corrected chi connectivity index (χ4v) is 1.02. The summed E-state index contributed by atoms with van der Waals surface area (Å²) >= 11 is 0. The van der Waals surface area contributed by atoms with Gasteiger partial charge >= 0.3 is 0 Å². The molecule has 1 aromatic rings. The number of carbonyl (C=O) groups excluding carboxylic acids is 1. The minimum atomic E-state index is -0.748. The summed E-state index contributed by atoms with van der Waals surface area (Å²) in [5.74, 6) is -0.918. The van der Waals surface area contributed by atoms with Gasteiger partial charge in [0.25, 0.3) is 0 Å². The van der Waals surface area contributed by atoms with Crippen molar-refractivity contribution in [2.24, 2.45) is 11.5 Å². The van der Waals surface area contributed by atoms with Crippen LogP contribution in [0.4, 0.5) is 4.39 Å². The molecule has 0 spiro atoms. The van der Waals surface area contributed by atoms with Crippen LogP contribution in [0, 0.1) is 5.82 Å². The van der Waals surface area contributed by atoms with Crippen LogP contribution >= 0.6 is 0 Å². The van der Waals surface area contributed by atoms with E-state index in [1.54, 1.807) is 12.1 Å². The van der Waals surface area contributed by atoms with Crippen molar-refractivity contribution in [1.82, 2.24) is 0 Å². The second kappa shape index (κ2) is 4.00. The molecule has 3 nitrogen and oxygen atoms in total. The number of amides is 1. The van der Waals surface area contributed by atoms with E-state index in [1.165, 1.54) is 12.1 Å². The lowest BCUT2D eigenvalue weighted by Gasteiger charge is -2.06. The molecule has 1 amide bonds. The first-order chi connectivity index (χ1) is 6.09. The third-order valence-electron chi connectivity index (χ3n) is 1.71. The van der Waals surface area contributed by atoms with Gasteiger partial charge in [-0.1, -0.05) is 12.1 Å². The zero-order chi connectivity index (χ0) is 9.84. The summed E-state index contributed by atoms with van der Waals surface area (Å²) < 4.78 is 12.7. The van der Waals surface area contributed by atoms with Gasteiger partial charge in [0.15, 0.2) is 0 Å². The molecule has 0 unspecified atom stereocenters. The molecule has 0 aliphatic rings. The number of primary amides is 1. The SMILES string of the molecule is NC(=O)[C@H](N)Cc1cccc(F)c1. The highest BCUT2D eigenvalue weighted by Gasteiger charge is 2.09. The van der Waals surface area contributed by atoms with Crippen LogP contribution in [0.3, 0.4) is 0 Å². The van der Waals surface area contributed by atoms with Crippen LogP contribution in [0.1, 0.15) is 5.56 Å². The first-order valence-electron chi connectivity index (χ1n) is 3.89. The molecular weight excluding hydrogens is 171 g/mol. The van der Waals surface area contributed by atoms with E-state index in [1.807, 2.05) is 0 Å².